The van der Waals surface area contributed by atoms with Crippen molar-refractivity contribution in [3.63, 3.8) is 0 Å². The summed E-state index contributed by atoms with van der Waals surface area (Å²) in [5, 5.41) is 9.38. The van der Waals surface area contributed by atoms with Crippen molar-refractivity contribution in [3.05, 3.63) is 0 Å². The lowest BCUT2D eigenvalue weighted by atomic mass is 10.2. The topological polar surface area (TPSA) is 49.8 Å². The summed E-state index contributed by atoms with van der Waals surface area (Å²) in [6, 6.07) is 0.221. The molecule has 0 aromatic carbocycles. The van der Waals surface area contributed by atoms with Gasteiger partial charge in [0.05, 0.1) is 18.8 Å². The van der Waals surface area contributed by atoms with Gasteiger partial charge in [-0.15, -0.1) is 0 Å². The lowest BCUT2D eigenvalue weighted by Crippen LogP contribution is -2.46. The average molecular weight is 185 g/mol. The maximum atomic E-state index is 11.6. The van der Waals surface area contributed by atoms with Crippen LogP contribution in [0.4, 0.5) is 0 Å². The molecule has 0 aliphatic carbocycles. The van der Waals surface area contributed by atoms with E-state index in [9.17, 15) is 9.90 Å². The molecule has 4 heteroatoms. The maximum Gasteiger partial charge on any atom is 0.251 e. The first-order chi connectivity index (χ1) is 6.22. The van der Waals surface area contributed by atoms with E-state index in [1.54, 1.807) is 4.90 Å². The number of hydrogen-bond donors (Lipinski definition) is 1. The number of rotatable bonds is 2. The van der Waals surface area contributed by atoms with Crippen molar-refractivity contribution in [1.29, 1.82) is 0 Å². The highest BCUT2D eigenvalue weighted by molar-refractivity contribution is 5.81. The Morgan fingerprint density at radius 1 is 1.77 bits per heavy atom. The van der Waals surface area contributed by atoms with Gasteiger partial charge in [-0.3, -0.25) is 4.79 Å². The zero-order valence-corrected chi connectivity index (χ0v) is 7.77. The van der Waals surface area contributed by atoms with Crippen molar-refractivity contribution < 1.29 is 14.6 Å². The second kappa shape index (κ2) is 3.27. The molecule has 2 bridgehead atoms. The molecule has 2 aliphatic rings. The Morgan fingerprint density at radius 3 is 3.00 bits per heavy atom. The van der Waals surface area contributed by atoms with Crippen molar-refractivity contribution in [2.75, 3.05) is 13.2 Å². The Labute approximate surface area is 77.5 Å². The van der Waals surface area contributed by atoms with E-state index in [1.807, 2.05) is 6.92 Å². The van der Waals surface area contributed by atoms with Gasteiger partial charge in [0.15, 0.2) is 0 Å². The number of fused-ring (bicyclic) bond motifs is 2. The van der Waals surface area contributed by atoms with E-state index in [-0.39, 0.29) is 18.1 Å². The minimum atomic E-state index is -0.820. The first-order valence-corrected chi connectivity index (χ1v) is 4.82. The lowest BCUT2D eigenvalue weighted by Gasteiger charge is -2.28. The van der Waals surface area contributed by atoms with Crippen LogP contribution in [-0.2, 0) is 9.53 Å². The summed E-state index contributed by atoms with van der Waals surface area (Å²) in [5.74, 6) is -0.127. The fourth-order valence-corrected chi connectivity index (χ4v) is 2.04. The van der Waals surface area contributed by atoms with Crippen LogP contribution >= 0.6 is 0 Å². The number of amides is 1. The highest BCUT2D eigenvalue weighted by atomic mass is 16.5. The van der Waals surface area contributed by atoms with E-state index < -0.39 is 6.10 Å². The summed E-state index contributed by atoms with van der Waals surface area (Å²) in [4.78, 5) is 13.4. The zero-order valence-electron chi connectivity index (χ0n) is 7.77. The van der Waals surface area contributed by atoms with Crippen molar-refractivity contribution in [2.24, 2.45) is 0 Å². The van der Waals surface area contributed by atoms with Gasteiger partial charge in [-0.1, -0.05) is 6.92 Å². The Morgan fingerprint density at radius 2 is 2.54 bits per heavy atom. The van der Waals surface area contributed by atoms with Gasteiger partial charge in [-0.05, 0) is 12.8 Å². The number of ether oxygens (including phenoxy) is 1. The normalized spacial score (nSPS) is 33.8. The zero-order chi connectivity index (χ0) is 9.42. The monoisotopic (exact) mass is 185 g/mol. The molecule has 4 nitrogen and oxygen atoms in total. The second-order valence-electron chi connectivity index (χ2n) is 3.76. The largest absolute Gasteiger partial charge is 0.383 e. The SMILES string of the molecule is CCC(O)C(=O)N1CC2CC1CO2. The molecule has 3 unspecified atom stereocenters. The van der Waals surface area contributed by atoms with E-state index in [4.69, 9.17) is 4.74 Å². The molecule has 13 heavy (non-hydrogen) atoms. The second-order valence-corrected chi connectivity index (χ2v) is 3.76. The molecule has 2 aliphatic heterocycles. The fourth-order valence-electron chi connectivity index (χ4n) is 2.04. The minimum Gasteiger partial charge on any atom is -0.383 e. The first-order valence-electron chi connectivity index (χ1n) is 4.82. The van der Waals surface area contributed by atoms with Gasteiger partial charge in [0, 0.05) is 6.54 Å². The Hall–Kier alpha value is -0.610. The molecular formula is C9H15NO3. The fraction of sp³-hybridized carbons (Fsp3) is 0.889. The summed E-state index contributed by atoms with van der Waals surface area (Å²) in [5.41, 5.74) is 0. The van der Waals surface area contributed by atoms with E-state index in [2.05, 4.69) is 0 Å². The molecule has 0 spiro atoms. The molecule has 74 valence electrons. The van der Waals surface area contributed by atoms with Gasteiger partial charge in [-0.25, -0.2) is 0 Å². The molecule has 0 radical (unpaired) electrons. The van der Waals surface area contributed by atoms with Gasteiger partial charge in [0.1, 0.15) is 6.10 Å². The summed E-state index contributed by atoms with van der Waals surface area (Å²) in [6.45, 7) is 3.13. The number of aliphatic hydroxyl groups excluding tert-OH is 1. The van der Waals surface area contributed by atoms with Crippen LogP contribution < -0.4 is 0 Å². The summed E-state index contributed by atoms with van der Waals surface area (Å²) >= 11 is 0. The summed E-state index contributed by atoms with van der Waals surface area (Å²) < 4.78 is 5.37. The Kier molecular flexibility index (Phi) is 2.26. The van der Waals surface area contributed by atoms with Gasteiger partial charge in [0.25, 0.3) is 5.91 Å². The van der Waals surface area contributed by atoms with E-state index in [0.717, 1.165) is 6.42 Å². The van der Waals surface area contributed by atoms with Gasteiger partial charge >= 0.3 is 0 Å². The number of carbonyl (C=O) groups is 1. The molecule has 2 fully saturated rings. The average Bonchev–Trinajstić information content (AvgIpc) is 2.76. The van der Waals surface area contributed by atoms with E-state index >= 15 is 0 Å². The van der Waals surface area contributed by atoms with Crippen LogP contribution in [0.3, 0.4) is 0 Å². The molecular weight excluding hydrogens is 170 g/mol. The summed E-state index contributed by atoms with van der Waals surface area (Å²) in [6.07, 6.45) is 0.841. The number of likely N-dealkylation sites (tertiary alicyclic amines) is 1. The van der Waals surface area contributed by atoms with Crippen LogP contribution in [0.25, 0.3) is 0 Å². The molecule has 2 rings (SSSR count). The van der Waals surface area contributed by atoms with Gasteiger partial charge < -0.3 is 14.7 Å². The van der Waals surface area contributed by atoms with Crippen LogP contribution in [0.2, 0.25) is 0 Å². The number of aliphatic hydroxyl groups is 1. The third-order valence-electron chi connectivity index (χ3n) is 2.86. The predicted molar refractivity (Wildman–Crippen MR) is 46.2 cm³/mol. The third kappa shape index (κ3) is 1.44. The Balaban J connectivity index is 1.98. The van der Waals surface area contributed by atoms with Crippen molar-refractivity contribution >= 4 is 5.91 Å². The Bertz CT molecular complexity index is 219. The number of nitrogens with zero attached hydrogens (tertiary/aromatic N) is 1. The molecule has 0 saturated carbocycles. The first kappa shape index (κ1) is 8.97. The van der Waals surface area contributed by atoms with Crippen molar-refractivity contribution in [2.45, 2.75) is 38.0 Å². The molecule has 2 heterocycles. The summed E-state index contributed by atoms with van der Waals surface area (Å²) in [7, 11) is 0. The minimum absolute atomic E-state index is 0.127. The number of carbonyl (C=O) groups excluding carboxylic acids is 1. The van der Waals surface area contributed by atoms with Gasteiger partial charge in [0.2, 0.25) is 0 Å². The number of morpholine rings is 1. The van der Waals surface area contributed by atoms with Crippen LogP contribution in [0.5, 0.6) is 0 Å². The van der Waals surface area contributed by atoms with E-state index in [0.29, 0.717) is 19.6 Å². The molecule has 2 saturated heterocycles. The number of hydrogen-bond acceptors (Lipinski definition) is 3. The predicted octanol–water partition coefficient (Wildman–Crippen LogP) is -0.243. The lowest BCUT2D eigenvalue weighted by molar-refractivity contribution is -0.144. The molecule has 1 N–H and O–H groups in total. The van der Waals surface area contributed by atoms with Crippen molar-refractivity contribution in [1.82, 2.24) is 4.90 Å². The van der Waals surface area contributed by atoms with Crippen LogP contribution in [-0.4, -0.2) is 47.3 Å². The highest BCUT2D eigenvalue weighted by Gasteiger charge is 2.42. The molecule has 1 amide bonds. The van der Waals surface area contributed by atoms with Crippen LogP contribution in [0, 0.1) is 0 Å². The highest BCUT2D eigenvalue weighted by Crippen LogP contribution is 2.28. The smallest absolute Gasteiger partial charge is 0.251 e. The van der Waals surface area contributed by atoms with E-state index in [1.165, 1.54) is 0 Å². The molecule has 0 aromatic rings. The van der Waals surface area contributed by atoms with Gasteiger partial charge in [-0.2, -0.15) is 0 Å². The third-order valence-corrected chi connectivity index (χ3v) is 2.86. The standard InChI is InChI=1S/C9H15NO3/c1-2-8(11)9(12)10-4-7-3-6(10)5-13-7/h6-8,11H,2-5H2,1H3. The van der Waals surface area contributed by atoms with Crippen molar-refractivity contribution in [3.8, 4) is 0 Å². The van der Waals surface area contributed by atoms with Crippen LogP contribution in [0.15, 0.2) is 0 Å². The molecule has 3 atom stereocenters. The maximum absolute atomic E-state index is 11.6. The molecule has 0 aromatic heterocycles. The quantitative estimate of drug-likeness (QED) is 0.645. The van der Waals surface area contributed by atoms with Crippen LogP contribution in [0.1, 0.15) is 19.8 Å².